The number of benzene rings is 2. The molecule has 2 heterocycles. The number of halogens is 1. The van der Waals surface area contributed by atoms with Gasteiger partial charge in [0.2, 0.25) is 5.89 Å². The van der Waals surface area contributed by atoms with Crippen LogP contribution in [0.1, 0.15) is 42.5 Å². The molecule has 0 fully saturated rings. The summed E-state index contributed by atoms with van der Waals surface area (Å²) >= 11 is 0. The molecule has 0 aliphatic carbocycles. The lowest BCUT2D eigenvalue weighted by molar-refractivity contribution is 0.292. The number of unbranched alkanes of at least 4 members (excludes halogenated alkanes) is 1. The number of nitrogens with one attached hydrogen (secondary N) is 1. The van der Waals surface area contributed by atoms with Crippen LogP contribution in [0.25, 0.3) is 12.2 Å². The van der Waals surface area contributed by atoms with Crippen LogP contribution in [0.3, 0.4) is 0 Å². The Bertz CT molecular complexity index is 1040. The normalized spacial score (nSPS) is 15.4. The summed E-state index contributed by atoms with van der Waals surface area (Å²) in [6, 6.07) is 14.5. The molecule has 166 valence electrons. The molecule has 0 radical (unpaired) electrons. The largest absolute Gasteiger partial charge is 0.487 e. The van der Waals surface area contributed by atoms with Gasteiger partial charge < -0.3 is 19.4 Å². The molecule has 1 unspecified atom stereocenters. The lowest BCUT2D eigenvalue weighted by Gasteiger charge is -2.21. The molecule has 32 heavy (non-hydrogen) atoms. The van der Waals surface area contributed by atoms with Gasteiger partial charge in [-0.1, -0.05) is 24.3 Å². The third kappa shape index (κ3) is 6.23. The quantitative estimate of drug-likeness (QED) is 0.421. The standard InChI is InChI=1S/C26H28FN3O2/c1-20-28-15-17-30(20)16-3-2-4-21-7-12-25(13-8-21)31-18-24-19-32-26(29-24)14-9-22-5-10-23(27)11-6-22/h5-15,17,19-20,28H,2-4,16,18H2,1H3/b14-9+. The maximum Gasteiger partial charge on any atom is 0.218 e. The van der Waals surface area contributed by atoms with Crippen LogP contribution in [-0.4, -0.2) is 22.6 Å². The second-order valence-corrected chi connectivity index (χ2v) is 7.85. The van der Waals surface area contributed by atoms with Crippen LogP contribution in [0.2, 0.25) is 0 Å². The fraction of sp³-hybridized carbons (Fsp3) is 0.269. The summed E-state index contributed by atoms with van der Waals surface area (Å²) in [7, 11) is 0. The summed E-state index contributed by atoms with van der Waals surface area (Å²) in [5, 5.41) is 3.28. The van der Waals surface area contributed by atoms with Gasteiger partial charge in [-0.15, -0.1) is 0 Å². The number of hydrogen-bond acceptors (Lipinski definition) is 5. The Morgan fingerprint density at radius 1 is 1.09 bits per heavy atom. The fourth-order valence-corrected chi connectivity index (χ4v) is 3.51. The van der Waals surface area contributed by atoms with Gasteiger partial charge >= 0.3 is 0 Å². The highest BCUT2D eigenvalue weighted by atomic mass is 19.1. The predicted molar refractivity (Wildman–Crippen MR) is 124 cm³/mol. The van der Waals surface area contributed by atoms with Crippen LogP contribution in [0.15, 0.2) is 71.6 Å². The smallest absolute Gasteiger partial charge is 0.218 e. The molecule has 0 spiro atoms. The van der Waals surface area contributed by atoms with Gasteiger partial charge in [-0.05, 0) is 67.7 Å². The van der Waals surface area contributed by atoms with Crippen molar-refractivity contribution in [2.75, 3.05) is 6.54 Å². The zero-order valence-electron chi connectivity index (χ0n) is 18.2. The predicted octanol–water partition coefficient (Wildman–Crippen LogP) is 5.61. The molecule has 3 aromatic rings. The first-order valence-electron chi connectivity index (χ1n) is 10.9. The molecular weight excluding hydrogens is 405 g/mol. The van der Waals surface area contributed by atoms with Crippen molar-refractivity contribution in [1.82, 2.24) is 15.2 Å². The van der Waals surface area contributed by atoms with E-state index in [0.717, 1.165) is 30.7 Å². The maximum atomic E-state index is 13.0. The Labute approximate surface area is 188 Å². The van der Waals surface area contributed by atoms with Crippen LogP contribution >= 0.6 is 0 Å². The average molecular weight is 434 g/mol. The van der Waals surface area contributed by atoms with Crippen molar-refractivity contribution in [1.29, 1.82) is 0 Å². The van der Waals surface area contributed by atoms with Crippen molar-refractivity contribution in [2.45, 2.75) is 39.0 Å². The van der Waals surface area contributed by atoms with Gasteiger partial charge in [0.25, 0.3) is 0 Å². The van der Waals surface area contributed by atoms with Crippen LogP contribution < -0.4 is 10.1 Å². The summed E-state index contributed by atoms with van der Waals surface area (Å²) in [5.41, 5.74) is 2.91. The van der Waals surface area contributed by atoms with Crippen LogP contribution in [-0.2, 0) is 13.0 Å². The second kappa shape index (κ2) is 10.7. The molecule has 6 heteroatoms. The molecule has 2 aromatic carbocycles. The highest BCUT2D eigenvalue weighted by molar-refractivity contribution is 5.65. The topological polar surface area (TPSA) is 50.5 Å². The van der Waals surface area contributed by atoms with Crippen molar-refractivity contribution < 1.29 is 13.5 Å². The summed E-state index contributed by atoms with van der Waals surface area (Å²) in [5.74, 6) is 1.04. The monoisotopic (exact) mass is 433 g/mol. The summed E-state index contributed by atoms with van der Waals surface area (Å²) in [4.78, 5) is 6.72. The van der Waals surface area contributed by atoms with Crippen molar-refractivity contribution >= 4 is 12.2 Å². The maximum absolute atomic E-state index is 13.0. The Morgan fingerprint density at radius 2 is 1.91 bits per heavy atom. The molecule has 5 nitrogen and oxygen atoms in total. The third-order valence-electron chi connectivity index (χ3n) is 5.40. The highest BCUT2D eigenvalue weighted by Gasteiger charge is 2.11. The molecule has 1 N–H and O–H groups in total. The molecule has 4 rings (SSSR count). The first-order valence-corrected chi connectivity index (χ1v) is 10.9. The van der Waals surface area contributed by atoms with Gasteiger partial charge in [-0.25, -0.2) is 9.37 Å². The minimum atomic E-state index is -0.256. The molecule has 0 saturated carbocycles. The molecule has 1 aliphatic rings. The van der Waals surface area contributed by atoms with Crippen molar-refractivity contribution in [3.05, 3.63) is 95.7 Å². The first-order chi connectivity index (χ1) is 15.7. The molecule has 1 aliphatic heterocycles. The molecule has 0 amide bonds. The first kappa shape index (κ1) is 21.7. The van der Waals surface area contributed by atoms with E-state index in [9.17, 15) is 4.39 Å². The zero-order valence-corrected chi connectivity index (χ0v) is 18.2. The van der Waals surface area contributed by atoms with E-state index < -0.39 is 0 Å². The second-order valence-electron chi connectivity index (χ2n) is 7.85. The molecule has 1 aromatic heterocycles. The van der Waals surface area contributed by atoms with Gasteiger partial charge in [0.05, 0.1) is 6.17 Å². The minimum absolute atomic E-state index is 0.256. The number of ether oxygens (including phenoxy) is 1. The van der Waals surface area contributed by atoms with Gasteiger partial charge in [0, 0.05) is 25.0 Å². The Morgan fingerprint density at radius 3 is 2.66 bits per heavy atom. The van der Waals surface area contributed by atoms with Crippen molar-refractivity contribution in [2.24, 2.45) is 0 Å². The zero-order chi connectivity index (χ0) is 22.2. The summed E-state index contributed by atoms with van der Waals surface area (Å²) in [6.45, 7) is 3.58. The Kier molecular flexibility index (Phi) is 7.23. The Hall–Kier alpha value is -3.54. The summed E-state index contributed by atoms with van der Waals surface area (Å²) in [6.07, 6.45) is 13.1. The molecule has 1 atom stereocenters. The highest BCUT2D eigenvalue weighted by Crippen LogP contribution is 2.17. The van der Waals surface area contributed by atoms with E-state index in [1.54, 1.807) is 24.5 Å². The van der Waals surface area contributed by atoms with E-state index in [1.807, 2.05) is 24.4 Å². The van der Waals surface area contributed by atoms with Crippen LogP contribution in [0.5, 0.6) is 5.75 Å². The molecule has 0 saturated heterocycles. The SMILES string of the molecule is CC1NC=CN1CCCCc1ccc(OCc2coc(/C=C/c3ccc(F)cc3)n2)cc1. The number of oxazole rings is 1. The van der Waals surface area contributed by atoms with E-state index in [0.29, 0.717) is 24.4 Å². The lowest BCUT2D eigenvalue weighted by Crippen LogP contribution is -2.32. The minimum Gasteiger partial charge on any atom is -0.487 e. The number of aryl methyl sites for hydroxylation is 1. The van der Waals surface area contributed by atoms with E-state index in [1.165, 1.54) is 24.1 Å². The van der Waals surface area contributed by atoms with Gasteiger partial charge in [-0.3, -0.25) is 0 Å². The number of hydrogen-bond donors (Lipinski definition) is 1. The van der Waals surface area contributed by atoms with E-state index >= 15 is 0 Å². The number of rotatable bonds is 10. The molecule has 0 bridgehead atoms. The van der Waals surface area contributed by atoms with E-state index in [4.69, 9.17) is 9.15 Å². The van der Waals surface area contributed by atoms with Crippen LogP contribution in [0.4, 0.5) is 4.39 Å². The van der Waals surface area contributed by atoms with Gasteiger partial charge in [0.1, 0.15) is 30.1 Å². The average Bonchev–Trinajstić information content (AvgIpc) is 3.44. The Balaban J connectivity index is 1.19. The fourth-order valence-electron chi connectivity index (χ4n) is 3.51. The van der Waals surface area contributed by atoms with Gasteiger partial charge in [0.15, 0.2) is 0 Å². The van der Waals surface area contributed by atoms with Crippen LogP contribution in [0, 0.1) is 5.82 Å². The van der Waals surface area contributed by atoms with E-state index in [-0.39, 0.29) is 5.82 Å². The van der Waals surface area contributed by atoms with Crippen molar-refractivity contribution in [3.8, 4) is 5.75 Å². The van der Waals surface area contributed by atoms with Crippen molar-refractivity contribution in [3.63, 3.8) is 0 Å². The number of aromatic nitrogens is 1. The third-order valence-corrected chi connectivity index (χ3v) is 5.40. The molecular formula is C26H28FN3O2. The van der Waals surface area contributed by atoms with E-state index in [2.05, 4.69) is 40.5 Å². The van der Waals surface area contributed by atoms with Gasteiger partial charge in [-0.2, -0.15) is 0 Å². The lowest BCUT2D eigenvalue weighted by atomic mass is 10.1. The number of nitrogens with zero attached hydrogens (tertiary/aromatic N) is 2. The summed E-state index contributed by atoms with van der Waals surface area (Å²) < 4.78 is 24.2.